The molecule has 124 valence electrons. The number of halogens is 1. The predicted octanol–water partition coefficient (Wildman–Crippen LogP) is 2.19. The van der Waals surface area contributed by atoms with Gasteiger partial charge in [0.25, 0.3) is 0 Å². The monoisotopic (exact) mass is 337 g/mol. The van der Waals surface area contributed by atoms with Gasteiger partial charge < -0.3 is 11.2 Å². The molecule has 1 atom stereocenters. The highest BCUT2D eigenvalue weighted by Gasteiger charge is 2.23. The van der Waals surface area contributed by atoms with Gasteiger partial charge in [-0.2, -0.15) is 0 Å². The van der Waals surface area contributed by atoms with Crippen molar-refractivity contribution in [2.45, 2.75) is 43.6 Å². The summed E-state index contributed by atoms with van der Waals surface area (Å²) in [4.78, 5) is 12.1. The number of hydrogen-bond donors (Lipinski definition) is 2. The van der Waals surface area contributed by atoms with E-state index in [-0.39, 0.29) is 22.5 Å². The van der Waals surface area contributed by atoms with Gasteiger partial charge in [-0.25, -0.2) is 9.07 Å². The lowest BCUT2D eigenvalue weighted by Crippen LogP contribution is -2.44. The zero-order valence-electron chi connectivity index (χ0n) is 13.5. The predicted molar refractivity (Wildman–Crippen MR) is 88.8 cm³/mol. The summed E-state index contributed by atoms with van der Waals surface area (Å²) in [5.41, 5.74) is 0.349. The number of nitrogens with one attached hydrogen (secondary N) is 1. The number of nitrogen functional groups attached to an aromatic ring is 1. The van der Waals surface area contributed by atoms with Gasteiger partial charge in [-0.1, -0.05) is 11.8 Å². The molecule has 0 bridgehead atoms. The maximum absolute atomic E-state index is 13.0. The number of amides is 1. The summed E-state index contributed by atoms with van der Waals surface area (Å²) < 4.78 is 14.3. The highest BCUT2D eigenvalue weighted by Crippen LogP contribution is 2.25. The van der Waals surface area contributed by atoms with Gasteiger partial charge in [-0.15, -0.1) is 10.2 Å². The molecule has 3 N–H and O–H groups in total. The molecular weight excluding hydrogens is 317 g/mol. The zero-order chi connectivity index (χ0) is 17.2. The molecule has 8 heteroatoms. The molecule has 6 nitrogen and oxygen atoms in total. The fourth-order valence-electron chi connectivity index (χ4n) is 1.84. The maximum atomic E-state index is 13.0. The molecule has 2 rings (SSSR count). The van der Waals surface area contributed by atoms with Crippen molar-refractivity contribution in [3.8, 4) is 11.4 Å². The number of thioether (sulfide) groups is 1. The Morgan fingerprint density at radius 1 is 1.30 bits per heavy atom. The Morgan fingerprint density at radius 3 is 2.48 bits per heavy atom. The second kappa shape index (κ2) is 6.57. The fourth-order valence-corrected chi connectivity index (χ4v) is 2.61. The average Bonchev–Trinajstić information content (AvgIpc) is 2.79. The topological polar surface area (TPSA) is 85.8 Å². The Hall–Kier alpha value is -2.09. The van der Waals surface area contributed by atoms with Crippen LogP contribution in [0.1, 0.15) is 27.7 Å². The average molecular weight is 337 g/mol. The molecule has 0 saturated heterocycles. The first-order valence-electron chi connectivity index (χ1n) is 7.12. The number of aromatic nitrogens is 3. The summed E-state index contributed by atoms with van der Waals surface area (Å²) in [7, 11) is 0. The minimum absolute atomic E-state index is 0.103. The van der Waals surface area contributed by atoms with Gasteiger partial charge in [-0.3, -0.25) is 4.79 Å². The SMILES string of the molecule is C[C@H](Sc1nnc(-c2ccc(F)cc2)n1N)C(=O)NC(C)(C)C. The fraction of sp³-hybridized carbons (Fsp3) is 0.400. The Bertz CT molecular complexity index is 693. The van der Waals surface area contributed by atoms with Crippen LogP contribution in [0.25, 0.3) is 11.4 Å². The Kier molecular flexibility index (Phi) is 4.93. The quantitative estimate of drug-likeness (QED) is 0.660. The lowest BCUT2D eigenvalue weighted by molar-refractivity contribution is -0.121. The van der Waals surface area contributed by atoms with E-state index in [0.29, 0.717) is 16.5 Å². The molecule has 23 heavy (non-hydrogen) atoms. The molecule has 1 aromatic carbocycles. The van der Waals surface area contributed by atoms with Crippen molar-refractivity contribution in [3.63, 3.8) is 0 Å². The minimum atomic E-state index is -0.373. The van der Waals surface area contributed by atoms with Crippen molar-refractivity contribution in [1.29, 1.82) is 0 Å². The van der Waals surface area contributed by atoms with Crippen LogP contribution in [0.4, 0.5) is 4.39 Å². The lowest BCUT2D eigenvalue weighted by Gasteiger charge is -2.22. The largest absolute Gasteiger partial charge is 0.351 e. The molecular formula is C15H20FN5OS. The van der Waals surface area contributed by atoms with Crippen molar-refractivity contribution in [1.82, 2.24) is 20.2 Å². The summed E-state index contributed by atoms with van der Waals surface area (Å²) in [6, 6.07) is 5.81. The number of benzene rings is 1. The first-order valence-corrected chi connectivity index (χ1v) is 8.00. The van der Waals surface area contributed by atoms with Crippen LogP contribution in [0, 0.1) is 5.82 Å². The Morgan fingerprint density at radius 2 is 1.91 bits per heavy atom. The molecule has 1 amide bonds. The molecule has 1 aromatic heterocycles. The molecule has 0 spiro atoms. The molecule has 0 aliphatic heterocycles. The number of carbonyl (C=O) groups is 1. The summed E-state index contributed by atoms with van der Waals surface area (Å²) in [5.74, 6) is 5.97. The van der Waals surface area contributed by atoms with Crippen LogP contribution < -0.4 is 11.2 Å². The van der Waals surface area contributed by atoms with E-state index < -0.39 is 0 Å². The molecule has 0 aliphatic rings. The smallest absolute Gasteiger partial charge is 0.233 e. The van der Waals surface area contributed by atoms with Gasteiger partial charge >= 0.3 is 0 Å². The summed E-state index contributed by atoms with van der Waals surface area (Å²) in [6.45, 7) is 7.53. The number of hydrogen-bond acceptors (Lipinski definition) is 5. The number of nitrogens with two attached hydrogens (primary N) is 1. The Balaban J connectivity index is 2.13. The second-order valence-electron chi connectivity index (χ2n) is 6.18. The second-order valence-corrected chi connectivity index (χ2v) is 7.49. The van der Waals surface area contributed by atoms with Gasteiger partial charge in [0, 0.05) is 11.1 Å². The van der Waals surface area contributed by atoms with E-state index in [1.807, 2.05) is 20.8 Å². The number of carbonyl (C=O) groups excluding carboxylic acids is 1. The van der Waals surface area contributed by atoms with Crippen LogP contribution in [0.5, 0.6) is 0 Å². The zero-order valence-corrected chi connectivity index (χ0v) is 14.3. The van der Waals surface area contributed by atoms with Crippen LogP contribution >= 0.6 is 11.8 Å². The van der Waals surface area contributed by atoms with E-state index in [1.165, 1.54) is 28.6 Å². The van der Waals surface area contributed by atoms with Gasteiger partial charge in [0.15, 0.2) is 5.82 Å². The van der Waals surface area contributed by atoms with Crippen LogP contribution in [-0.2, 0) is 4.79 Å². The van der Waals surface area contributed by atoms with Crippen molar-refractivity contribution in [2.24, 2.45) is 0 Å². The summed E-state index contributed by atoms with van der Waals surface area (Å²) in [6.07, 6.45) is 0. The van der Waals surface area contributed by atoms with E-state index >= 15 is 0 Å². The highest BCUT2D eigenvalue weighted by atomic mass is 32.2. The lowest BCUT2D eigenvalue weighted by atomic mass is 10.1. The van der Waals surface area contributed by atoms with E-state index in [4.69, 9.17) is 5.84 Å². The van der Waals surface area contributed by atoms with E-state index in [0.717, 1.165) is 0 Å². The Labute approximate surface area is 138 Å². The van der Waals surface area contributed by atoms with Gasteiger partial charge in [-0.05, 0) is 52.0 Å². The third kappa shape index (κ3) is 4.44. The van der Waals surface area contributed by atoms with Crippen molar-refractivity contribution < 1.29 is 9.18 Å². The van der Waals surface area contributed by atoms with Crippen molar-refractivity contribution in [2.75, 3.05) is 5.84 Å². The van der Waals surface area contributed by atoms with E-state index in [9.17, 15) is 9.18 Å². The van der Waals surface area contributed by atoms with Crippen molar-refractivity contribution >= 4 is 17.7 Å². The third-order valence-corrected chi connectivity index (χ3v) is 3.97. The summed E-state index contributed by atoms with van der Waals surface area (Å²) in [5, 5.41) is 11.0. The van der Waals surface area contributed by atoms with Crippen molar-refractivity contribution in [3.05, 3.63) is 30.1 Å². The molecule has 2 aromatic rings. The van der Waals surface area contributed by atoms with Gasteiger partial charge in [0.2, 0.25) is 11.1 Å². The van der Waals surface area contributed by atoms with Crippen LogP contribution in [-0.4, -0.2) is 31.6 Å². The first kappa shape index (κ1) is 17.3. The van der Waals surface area contributed by atoms with Crippen LogP contribution in [0.2, 0.25) is 0 Å². The normalized spacial score (nSPS) is 12.9. The molecule has 0 unspecified atom stereocenters. The number of rotatable bonds is 4. The van der Waals surface area contributed by atoms with Gasteiger partial charge in [0.1, 0.15) is 5.82 Å². The van der Waals surface area contributed by atoms with Crippen LogP contribution in [0.3, 0.4) is 0 Å². The third-order valence-electron chi connectivity index (χ3n) is 2.92. The minimum Gasteiger partial charge on any atom is -0.351 e. The molecule has 0 saturated carbocycles. The molecule has 0 fully saturated rings. The first-order chi connectivity index (χ1) is 10.7. The van der Waals surface area contributed by atoms with Crippen LogP contribution in [0.15, 0.2) is 29.4 Å². The maximum Gasteiger partial charge on any atom is 0.233 e. The van der Waals surface area contributed by atoms with Gasteiger partial charge in [0.05, 0.1) is 5.25 Å². The standard InChI is InChI=1S/C15H20FN5OS/c1-9(13(22)18-15(2,3)4)23-14-20-19-12(21(14)17)10-5-7-11(16)8-6-10/h5-9H,17H2,1-4H3,(H,18,22)/t9-/m0/s1. The number of nitrogens with zero attached hydrogens (tertiary/aromatic N) is 3. The molecule has 0 radical (unpaired) electrons. The van der Waals surface area contributed by atoms with E-state index in [2.05, 4.69) is 15.5 Å². The highest BCUT2D eigenvalue weighted by molar-refractivity contribution is 8.00. The molecule has 1 heterocycles. The van der Waals surface area contributed by atoms with E-state index in [1.54, 1.807) is 19.1 Å². The summed E-state index contributed by atoms with van der Waals surface area (Å²) >= 11 is 1.22. The molecule has 0 aliphatic carbocycles.